The van der Waals surface area contributed by atoms with Gasteiger partial charge >= 0.3 is 6.98 Å². The minimum atomic E-state index is -4.74. The van der Waals surface area contributed by atoms with Crippen LogP contribution in [0.3, 0.4) is 0 Å². The zero-order valence-electron chi connectivity index (χ0n) is 6.23. The zero-order chi connectivity index (χ0) is 8.32. The maximum absolute atomic E-state index is 11.6. The van der Waals surface area contributed by atoms with Crippen molar-refractivity contribution < 1.29 is 17.7 Å². The van der Waals surface area contributed by atoms with E-state index >= 15 is 0 Å². The van der Waals surface area contributed by atoms with Gasteiger partial charge in [-0.1, -0.05) is 6.42 Å². The van der Waals surface area contributed by atoms with Gasteiger partial charge < -0.3 is 17.7 Å². The summed E-state index contributed by atoms with van der Waals surface area (Å²) in [5, 5.41) is 0. The van der Waals surface area contributed by atoms with Crippen molar-refractivity contribution >= 4 is 6.98 Å². The fourth-order valence-corrected chi connectivity index (χ4v) is 1.03. The van der Waals surface area contributed by atoms with Gasteiger partial charge in [0.25, 0.3) is 0 Å². The fraction of sp³-hybridized carbons (Fsp3) is 1.00. The van der Waals surface area contributed by atoms with Gasteiger partial charge in [-0.05, 0) is 18.8 Å². The minimum absolute atomic E-state index is 0.293. The molecule has 0 heterocycles. The molecule has 11 heavy (non-hydrogen) atoms. The van der Waals surface area contributed by atoms with Crippen LogP contribution in [0.25, 0.3) is 0 Å². The van der Waals surface area contributed by atoms with Crippen LogP contribution in [0.2, 0.25) is 0 Å². The molecule has 1 aliphatic rings. The molecule has 66 valence electrons. The summed E-state index contributed by atoms with van der Waals surface area (Å²) in [6.07, 6.45) is 3.21. The number of hydrogen-bond donors (Lipinski definition) is 0. The smallest absolute Gasteiger partial charge is 0.447 e. The van der Waals surface area contributed by atoms with Gasteiger partial charge in [0.15, 0.2) is 0 Å². The number of halogens is 3. The summed E-state index contributed by atoms with van der Waals surface area (Å²) < 4.78 is 39.2. The molecule has 1 nitrogen and oxygen atoms in total. The van der Waals surface area contributed by atoms with E-state index in [1.807, 2.05) is 0 Å². The predicted molar refractivity (Wildman–Crippen MR) is 37.2 cm³/mol. The van der Waals surface area contributed by atoms with Gasteiger partial charge in [-0.3, -0.25) is 0 Å². The molecule has 0 aliphatic heterocycles. The molecule has 1 aliphatic carbocycles. The maximum atomic E-state index is 11.6. The van der Waals surface area contributed by atoms with Crippen LogP contribution in [0.4, 0.5) is 12.9 Å². The van der Waals surface area contributed by atoms with Gasteiger partial charge in [0.05, 0.1) is 0 Å². The molecule has 0 unspecified atom stereocenters. The Kier molecular flexibility index (Phi) is 2.81. The Hall–Kier alpha value is -0.185. The maximum Gasteiger partial charge on any atom is 0.503 e. The minimum Gasteiger partial charge on any atom is -0.447 e. The van der Waals surface area contributed by atoms with E-state index in [2.05, 4.69) is 4.74 Å². The van der Waals surface area contributed by atoms with E-state index in [0.29, 0.717) is 12.5 Å². The van der Waals surface area contributed by atoms with Gasteiger partial charge in [-0.25, -0.2) is 0 Å². The third-order valence-electron chi connectivity index (χ3n) is 1.89. The highest BCUT2D eigenvalue weighted by atomic mass is 19.4. The normalized spacial score (nSPS) is 19.9. The number of ether oxygens (including phenoxy) is 1. The third-order valence-corrected chi connectivity index (χ3v) is 1.89. The molecule has 1 rings (SSSR count). The summed E-state index contributed by atoms with van der Waals surface area (Å²) >= 11 is 0. The van der Waals surface area contributed by atoms with E-state index < -0.39 is 13.5 Å². The lowest BCUT2D eigenvalue weighted by Crippen LogP contribution is -2.27. The predicted octanol–water partition coefficient (Wildman–Crippen LogP) is 2.19. The van der Waals surface area contributed by atoms with E-state index in [1.165, 1.54) is 0 Å². The Balaban J connectivity index is 1.95. The molecule has 0 N–H and O–H groups in total. The van der Waals surface area contributed by atoms with Crippen LogP contribution in [0.1, 0.15) is 19.3 Å². The van der Waals surface area contributed by atoms with Crippen molar-refractivity contribution in [3.8, 4) is 0 Å². The van der Waals surface area contributed by atoms with Gasteiger partial charge in [0, 0.05) is 13.1 Å². The Morgan fingerprint density at radius 2 is 1.91 bits per heavy atom. The van der Waals surface area contributed by atoms with Gasteiger partial charge in [0.2, 0.25) is 0 Å². The summed E-state index contributed by atoms with van der Waals surface area (Å²) in [4.78, 5) is 0. The zero-order valence-corrected chi connectivity index (χ0v) is 6.23. The molecule has 0 atom stereocenters. The highest BCUT2D eigenvalue weighted by Crippen LogP contribution is 2.26. The summed E-state index contributed by atoms with van der Waals surface area (Å²) in [6.45, 7) is -5.47. The van der Waals surface area contributed by atoms with Crippen LogP contribution in [0.5, 0.6) is 0 Å². The number of hydrogen-bond acceptors (Lipinski definition) is 1. The Labute approximate surface area is 64.0 Å². The van der Waals surface area contributed by atoms with Crippen LogP contribution in [-0.2, 0) is 4.74 Å². The standard InChI is InChI=1S/C6H11BF3O/c8-7(9,10)5-11-4-6-2-1-3-6/h6H,1-5H2/q-1. The topological polar surface area (TPSA) is 9.23 Å². The molecular formula is C6H11BF3O-. The molecular weight excluding hydrogens is 156 g/mol. The van der Waals surface area contributed by atoms with Crippen molar-refractivity contribution in [1.82, 2.24) is 0 Å². The molecule has 0 aromatic carbocycles. The molecule has 0 amide bonds. The Bertz CT molecular complexity index is 121. The highest BCUT2D eigenvalue weighted by molar-refractivity contribution is 6.58. The van der Waals surface area contributed by atoms with Crippen LogP contribution in [-0.4, -0.2) is 20.1 Å². The monoisotopic (exact) mass is 167 g/mol. The van der Waals surface area contributed by atoms with E-state index in [4.69, 9.17) is 0 Å². The lowest BCUT2D eigenvalue weighted by molar-refractivity contribution is 0.0834. The number of rotatable bonds is 4. The summed E-state index contributed by atoms with van der Waals surface area (Å²) in [6, 6.07) is 0. The first-order chi connectivity index (χ1) is 5.08. The molecule has 0 spiro atoms. The first-order valence-electron chi connectivity index (χ1n) is 3.86. The average molecular weight is 167 g/mol. The van der Waals surface area contributed by atoms with E-state index in [1.54, 1.807) is 0 Å². The summed E-state index contributed by atoms with van der Waals surface area (Å²) in [7, 11) is 0. The average Bonchev–Trinajstić information content (AvgIpc) is 1.73. The SMILES string of the molecule is F[B-](F)(F)COCC1CCC1. The van der Waals surface area contributed by atoms with Crippen molar-refractivity contribution in [1.29, 1.82) is 0 Å². The summed E-state index contributed by atoms with van der Waals surface area (Å²) in [5.74, 6) is 0.396. The second kappa shape index (κ2) is 3.47. The quantitative estimate of drug-likeness (QED) is 0.583. The molecule has 1 saturated carbocycles. The van der Waals surface area contributed by atoms with Crippen molar-refractivity contribution in [3.05, 3.63) is 0 Å². The molecule has 1 fully saturated rings. The molecule has 0 saturated heterocycles. The lowest BCUT2D eigenvalue weighted by atomic mass is 9.86. The first kappa shape index (κ1) is 8.91. The Morgan fingerprint density at radius 3 is 2.27 bits per heavy atom. The van der Waals surface area contributed by atoms with Gasteiger partial charge in [-0.2, -0.15) is 0 Å². The van der Waals surface area contributed by atoms with Gasteiger partial charge in [-0.15, -0.1) is 0 Å². The van der Waals surface area contributed by atoms with E-state index in [-0.39, 0.29) is 0 Å². The molecule has 5 heteroatoms. The van der Waals surface area contributed by atoms with Gasteiger partial charge in [0.1, 0.15) is 0 Å². The second-order valence-corrected chi connectivity index (χ2v) is 3.04. The van der Waals surface area contributed by atoms with Crippen molar-refractivity contribution in [2.75, 3.05) is 13.1 Å². The molecule has 0 bridgehead atoms. The Morgan fingerprint density at radius 1 is 1.27 bits per heavy atom. The van der Waals surface area contributed by atoms with E-state index in [0.717, 1.165) is 19.3 Å². The second-order valence-electron chi connectivity index (χ2n) is 3.04. The van der Waals surface area contributed by atoms with Crippen molar-refractivity contribution in [2.24, 2.45) is 5.92 Å². The van der Waals surface area contributed by atoms with Crippen molar-refractivity contribution in [3.63, 3.8) is 0 Å². The van der Waals surface area contributed by atoms with E-state index in [9.17, 15) is 12.9 Å². The highest BCUT2D eigenvalue weighted by Gasteiger charge is 2.24. The third kappa shape index (κ3) is 3.65. The summed E-state index contributed by atoms with van der Waals surface area (Å²) in [5.41, 5.74) is 0. The first-order valence-corrected chi connectivity index (χ1v) is 3.86. The lowest BCUT2D eigenvalue weighted by Gasteiger charge is -2.26. The van der Waals surface area contributed by atoms with Crippen LogP contribution >= 0.6 is 0 Å². The molecule has 0 aromatic heterocycles. The van der Waals surface area contributed by atoms with Crippen LogP contribution in [0, 0.1) is 5.92 Å². The fourth-order valence-electron chi connectivity index (χ4n) is 1.03. The largest absolute Gasteiger partial charge is 0.503 e. The molecule has 0 aromatic rings. The molecule has 0 radical (unpaired) electrons. The van der Waals surface area contributed by atoms with Crippen molar-refractivity contribution in [2.45, 2.75) is 19.3 Å². The van der Waals surface area contributed by atoms with Crippen LogP contribution in [0.15, 0.2) is 0 Å². The van der Waals surface area contributed by atoms with Crippen LogP contribution < -0.4 is 0 Å².